The van der Waals surface area contributed by atoms with Crippen molar-refractivity contribution < 1.29 is 4.79 Å². The maximum Gasteiger partial charge on any atom is 0.261 e. The minimum atomic E-state index is 0.0679. The summed E-state index contributed by atoms with van der Waals surface area (Å²) in [5.74, 6) is 0.532. The van der Waals surface area contributed by atoms with Gasteiger partial charge in [-0.3, -0.25) is 9.69 Å². The summed E-state index contributed by atoms with van der Waals surface area (Å²) < 4.78 is 0. The van der Waals surface area contributed by atoms with Crippen molar-refractivity contribution in [2.24, 2.45) is 5.92 Å². The largest absolute Gasteiger partial charge is 0.348 e. The lowest BCUT2D eigenvalue weighted by Gasteiger charge is -2.37. The SMILES string of the molecule is Cc1ncc(CN2CC[C@@H](NC(=O)c3cccs3)[C@@H](C)C2)s1. The van der Waals surface area contributed by atoms with Crippen LogP contribution in [0.25, 0.3) is 0 Å². The van der Waals surface area contributed by atoms with Crippen molar-refractivity contribution in [1.29, 1.82) is 0 Å². The molecular formula is C16H21N3OS2. The van der Waals surface area contributed by atoms with Gasteiger partial charge in [0, 0.05) is 36.8 Å². The predicted molar refractivity (Wildman–Crippen MR) is 91.5 cm³/mol. The molecule has 0 bridgehead atoms. The molecule has 2 aromatic rings. The molecule has 0 unspecified atom stereocenters. The van der Waals surface area contributed by atoms with E-state index in [0.29, 0.717) is 5.92 Å². The predicted octanol–water partition coefficient (Wildman–Crippen LogP) is 3.15. The van der Waals surface area contributed by atoms with Gasteiger partial charge in [-0.05, 0) is 30.7 Å². The Morgan fingerprint density at radius 1 is 1.55 bits per heavy atom. The summed E-state index contributed by atoms with van der Waals surface area (Å²) in [7, 11) is 0. The van der Waals surface area contributed by atoms with Gasteiger partial charge < -0.3 is 5.32 Å². The second-order valence-electron chi connectivity index (χ2n) is 5.90. The van der Waals surface area contributed by atoms with Crippen LogP contribution in [0.2, 0.25) is 0 Å². The summed E-state index contributed by atoms with van der Waals surface area (Å²) in [5, 5.41) is 6.26. The van der Waals surface area contributed by atoms with Crippen molar-refractivity contribution in [3.63, 3.8) is 0 Å². The Morgan fingerprint density at radius 2 is 2.41 bits per heavy atom. The second-order valence-corrected chi connectivity index (χ2v) is 8.17. The Labute approximate surface area is 139 Å². The molecule has 0 saturated carbocycles. The zero-order valence-electron chi connectivity index (χ0n) is 12.9. The van der Waals surface area contributed by atoms with Gasteiger partial charge in [-0.2, -0.15) is 0 Å². The minimum Gasteiger partial charge on any atom is -0.348 e. The highest BCUT2D eigenvalue weighted by atomic mass is 32.1. The highest BCUT2D eigenvalue weighted by Gasteiger charge is 2.27. The highest BCUT2D eigenvalue weighted by molar-refractivity contribution is 7.12. The smallest absolute Gasteiger partial charge is 0.261 e. The molecule has 0 spiro atoms. The number of hydrogen-bond acceptors (Lipinski definition) is 5. The fraction of sp³-hybridized carbons (Fsp3) is 0.500. The van der Waals surface area contributed by atoms with Gasteiger partial charge in [0.2, 0.25) is 0 Å². The Hall–Kier alpha value is -1.24. The third-order valence-corrected chi connectivity index (χ3v) is 5.87. The van der Waals surface area contributed by atoms with E-state index in [9.17, 15) is 4.79 Å². The van der Waals surface area contributed by atoms with Crippen molar-refractivity contribution in [3.05, 3.63) is 38.5 Å². The van der Waals surface area contributed by atoms with Crippen LogP contribution in [0.1, 0.15) is 32.9 Å². The standard InChI is InChI=1S/C16H21N3OS2/c1-11-9-19(10-13-8-17-12(2)22-13)6-5-14(11)18-16(20)15-4-3-7-21-15/h3-4,7-8,11,14H,5-6,9-10H2,1-2H3,(H,18,20)/t11-,14+/m0/s1. The van der Waals surface area contributed by atoms with E-state index in [2.05, 4.69) is 22.1 Å². The normalized spacial score (nSPS) is 22.6. The average Bonchev–Trinajstić information content (AvgIpc) is 3.13. The summed E-state index contributed by atoms with van der Waals surface area (Å²) in [6.45, 7) is 7.29. The lowest BCUT2D eigenvalue weighted by molar-refractivity contribution is 0.0865. The molecule has 3 heterocycles. The maximum absolute atomic E-state index is 12.2. The number of carbonyl (C=O) groups is 1. The summed E-state index contributed by atoms with van der Waals surface area (Å²) in [6.07, 6.45) is 2.99. The number of carbonyl (C=O) groups excluding carboxylic acids is 1. The van der Waals surface area contributed by atoms with E-state index in [1.807, 2.05) is 30.6 Å². The number of rotatable bonds is 4. The van der Waals surface area contributed by atoms with Crippen LogP contribution >= 0.6 is 22.7 Å². The summed E-state index contributed by atoms with van der Waals surface area (Å²) in [6, 6.07) is 4.07. The number of likely N-dealkylation sites (tertiary alicyclic amines) is 1. The summed E-state index contributed by atoms with van der Waals surface area (Å²) >= 11 is 3.27. The molecule has 118 valence electrons. The monoisotopic (exact) mass is 335 g/mol. The highest BCUT2D eigenvalue weighted by Crippen LogP contribution is 2.22. The van der Waals surface area contributed by atoms with E-state index >= 15 is 0 Å². The number of hydrogen-bond donors (Lipinski definition) is 1. The van der Waals surface area contributed by atoms with Gasteiger partial charge >= 0.3 is 0 Å². The number of thiophene rings is 1. The molecule has 1 saturated heterocycles. The Kier molecular flexibility index (Phi) is 4.90. The van der Waals surface area contributed by atoms with Gasteiger partial charge in [-0.15, -0.1) is 22.7 Å². The van der Waals surface area contributed by atoms with Crippen LogP contribution < -0.4 is 5.32 Å². The molecule has 1 aliphatic rings. The first-order valence-electron chi connectivity index (χ1n) is 7.60. The zero-order valence-corrected chi connectivity index (χ0v) is 14.5. The number of thiazole rings is 1. The van der Waals surface area contributed by atoms with E-state index in [1.54, 1.807) is 11.3 Å². The van der Waals surface area contributed by atoms with E-state index in [4.69, 9.17) is 0 Å². The molecule has 0 radical (unpaired) electrons. The van der Waals surface area contributed by atoms with Crippen LogP contribution in [0.15, 0.2) is 23.7 Å². The number of nitrogens with zero attached hydrogens (tertiary/aromatic N) is 2. The first-order valence-corrected chi connectivity index (χ1v) is 9.29. The minimum absolute atomic E-state index is 0.0679. The fourth-order valence-electron chi connectivity index (χ4n) is 2.94. The molecule has 22 heavy (non-hydrogen) atoms. The summed E-state index contributed by atoms with van der Waals surface area (Å²) in [5.41, 5.74) is 0. The lowest BCUT2D eigenvalue weighted by atomic mass is 9.93. The summed E-state index contributed by atoms with van der Waals surface area (Å²) in [4.78, 5) is 21.1. The number of amides is 1. The van der Waals surface area contributed by atoms with Crippen molar-refractivity contribution in [3.8, 4) is 0 Å². The number of aryl methyl sites for hydroxylation is 1. The van der Waals surface area contributed by atoms with E-state index in [0.717, 1.165) is 35.9 Å². The van der Waals surface area contributed by atoms with Gasteiger partial charge in [0.1, 0.15) is 0 Å². The van der Waals surface area contributed by atoms with Crippen molar-refractivity contribution >= 4 is 28.6 Å². The van der Waals surface area contributed by atoms with Crippen LogP contribution in [0.3, 0.4) is 0 Å². The van der Waals surface area contributed by atoms with E-state index in [1.165, 1.54) is 16.2 Å². The molecular weight excluding hydrogens is 314 g/mol. The molecule has 6 heteroatoms. The Balaban J connectivity index is 1.52. The van der Waals surface area contributed by atoms with Crippen LogP contribution in [0.4, 0.5) is 0 Å². The van der Waals surface area contributed by atoms with Crippen LogP contribution in [-0.4, -0.2) is 34.9 Å². The third-order valence-electron chi connectivity index (χ3n) is 4.10. The van der Waals surface area contributed by atoms with Crippen LogP contribution in [-0.2, 0) is 6.54 Å². The molecule has 1 N–H and O–H groups in total. The van der Waals surface area contributed by atoms with Gasteiger partial charge in [0.05, 0.1) is 9.88 Å². The number of aromatic nitrogens is 1. The first kappa shape index (κ1) is 15.6. The molecule has 1 fully saturated rings. The molecule has 3 rings (SSSR count). The zero-order chi connectivity index (χ0) is 15.5. The van der Waals surface area contributed by atoms with Crippen LogP contribution in [0.5, 0.6) is 0 Å². The van der Waals surface area contributed by atoms with Crippen molar-refractivity contribution in [2.45, 2.75) is 32.9 Å². The number of nitrogens with one attached hydrogen (secondary N) is 1. The topological polar surface area (TPSA) is 45.2 Å². The van der Waals surface area contributed by atoms with E-state index in [-0.39, 0.29) is 11.9 Å². The van der Waals surface area contributed by atoms with Crippen molar-refractivity contribution in [1.82, 2.24) is 15.2 Å². The Bertz CT molecular complexity index is 623. The van der Waals surface area contributed by atoms with Gasteiger partial charge in [-0.25, -0.2) is 4.98 Å². The lowest BCUT2D eigenvalue weighted by Crippen LogP contribution is -2.49. The van der Waals surface area contributed by atoms with Crippen molar-refractivity contribution in [2.75, 3.05) is 13.1 Å². The maximum atomic E-state index is 12.2. The average molecular weight is 335 g/mol. The van der Waals surface area contributed by atoms with Gasteiger partial charge in [0.15, 0.2) is 0 Å². The Morgan fingerprint density at radius 3 is 3.05 bits per heavy atom. The molecule has 2 aromatic heterocycles. The molecule has 1 aliphatic heterocycles. The van der Waals surface area contributed by atoms with Gasteiger partial charge in [-0.1, -0.05) is 13.0 Å². The first-order chi connectivity index (χ1) is 10.6. The molecule has 1 amide bonds. The molecule has 0 aliphatic carbocycles. The quantitative estimate of drug-likeness (QED) is 0.933. The fourth-order valence-corrected chi connectivity index (χ4v) is 4.40. The van der Waals surface area contributed by atoms with Crippen LogP contribution in [0, 0.1) is 12.8 Å². The molecule has 2 atom stereocenters. The second kappa shape index (κ2) is 6.89. The molecule has 0 aromatic carbocycles. The van der Waals surface area contributed by atoms with E-state index < -0.39 is 0 Å². The third kappa shape index (κ3) is 3.74. The molecule has 4 nitrogen and oxygen atoms in total. The van der Waals surface area contributed by atoms with Gasteiger partial charge in [0.25, 0.3) is 5.91 Å². The number of piperidine rings is 1.